The van der Waals surface area contributed by atoms with Gasteiger partial charge < -0.3 is 24.4 Å². The lowest BCUT2D eigenvalue weighted by Gasteiger charge is -2.36. The Morgan fingerprint density at radius 2 is 1.86 bits per heavy atom. The van der Waals surface area contributed by atoms with Gasteiger partial charge in [0.05, 0.1) is 7.11 Å². The third-order valence-corrected chi connectivity index (χ3v) is 4.79. The van der Waals surface area contributed by atoms with E-state index in [-0.39, 0.29) is 23.8 Å². The number of anilines is 1. The number of carbonyl (C=O) groups is 2. The van der Waals surface area contributed by atoms with Gasteiger partial charge in [0.1, 0.15) is 17.1 Å². The number of piperazine rings is 1. The maximum atomic E-state index is 12.3. The molecular weight excluding hydrogens is 384 g/mol. The third-order valence-electron chi connectivity index (χ3n) is 4.56. The van der Waals surface area contributed by atoms with Crippen molar-refractivity contribution >= 4 is 29.2 Å². The van der Waals surface area contributed by atoms with Crippen LogP contribution in [0.5, 0.6) is 11.5 Å². The molecule has 7 nitrogen and oxygen atoms in total. The van der Waals surface area contributed by atoms with Crippen LogP contribution < -0.4 is 9.64 Å². The van der Waals surface area contributed by atoms with Crippen LogP contribution in [0.15, 0.2) is 42.5 Å². The molecule has 1 saturated heterocycles. The molecule has 2 aromatic carbocycles. The summed E-state index contributed by atoms with van der Waals surface area (Å²) >= 11 is 6.03. The van der Waals surface area contributed by atoms with E-state index >= 15 is 0 Å². The van der Waals surface area contributed by atoms with Crippen LogP contribution in [0.25, 0.3) is 0 Å². The minimum Gasteiger partial charge on any atom is -0.507 e. The first-order chi connectivity index (χ1) is 13.5. The number of methoxy groups -OCH3 is 1. The van der Waals surface area contributed by atoms with Gasteiger partial charge in [-0.25, -0.2) is 4.79 Å². The Morgan fingerprint density at radius 1 is 1.11 bits per heavy atom. The van der Waals surface area contributed by atoms with Crippen molar-refractivity contribution in [2.45, 2.75) is 0 Å². The number of hydrogen-bond acceptors (Lipinski definition) is 6. The van der Waals surface area contributed by atoms with Gasteiger partial charge in [0, 0.05) is 43.0 Å². The Kier molecular flexibility index (Phi) is 6.26. The Morgan fingerprint density at radius 3 is 2.50 bits per heavy atom. The topological polar surface area (TPSA) is 79.3 Å². The average molecular weight is 405 g/mol. The van der Waals surface area contributed by atoms with Gasteiger partial charge in [-0.15, -0.1) is 0 Å². The minimum atomic E-state index is -0.758. The first-order valence-corrected chi connectivity index (χ1v) is 9.18. The van der Waals surface area contributed by atoms with E-state index < -0.39 is 5.97 Å². The van der Waals surface area contributed by atoms with Gasteiger partial charge in [0.25, 0.3) is 5.91 Å². The van der Waals surface area contributed by atoms with Gasteiger partial charge in [-0.3, -0.25) is 4.79 Å². The van der Waals surface area contributed by atoms with Crippen LogP contribution in [-0.2, 0) is 9.53 Å². The van der Waals surface area contributed by atoms with Crippen LogP contribution in [-0.4, -0.2) is 61.8 Å². The summed E-state index contributed by atoms with van der Waals surface area (Å²) in [6.07, 6.45) is 0. The molecule has 0 spiro atoms. The van der Waals surface area contributed by atoms with Gasteiger partial charge in [0.15, 0.2) is 6.61 Å². The maximum Gasteiger partial charge on any atom is 0.342 e. The normalized spacial score (nSPS) is 13.9. The molecule has 1 N–H and O–H groups in total. The minimum absolute atomic E-state index is 0.0145. The molecule has 0 radical (unpaired) electrons. The Labute approximate surface area is 168 Å². The molecule has 1 amide bonds. The quantitative estimate of drug-likeness (QED) is 0.771. The Bertz CT molecular complexity index is 865. The van der Waals surface area contributed by atoms with Gasteiger partial charge in [-0.1, -0.05) is 17.7 Å². The summed E-state index contributed by atoms with van der Waals surface area (Å²) in [5.74, 6) is -0.868. The van der Waals surface area contributed by atoms with E-state index in [4.69, 9.17) is 21.1 Å². The molecular formula is C20H21ClN2O5. The van der Waals surface area contributed by atoms with Crippen LogP contribution >= 0.6 is 11.6 Å². The second-order valence-corrected chi connectivity index (χ2v) is 6.74. The SMILES string of the molecule is COc1ccc(C(=O)OCC(=O)N2CCN(c3cccc(Cl)c3)CC2)c(O)c1. The predicted octanol–water partition coefficient (Wildman–Crippen LogP) is 2.56. The van der Waals surface area contributed by atoms with E-state index in [1.54, 1.807) is 4.90 Å². The first kappa shape index (κ1) is 19.8. The summed E-state index contributed by atoms with van der Waals surface area (Å²) in [4.78, 5) is 28.3. The number of rotatable bonds is 5. The molecule has 0 aliphatic carbocycles. The van der Waals surface area contributed by atoms with Crippen molar-refractivity contribution in [3.8, 4) is 11.5 Å². The van der Waals surface area contributed by atoms with E-state index in [2.05, 4.69) is 4.90 Å². The van der Waals surface area contributed by atoms with Crippen LogP contribution in [0.2, 0.25) is 5.02 Å². The second kappa shape index (κ2) is 8.84. The molecule has 0 unspecified atom stereocenters. The number of amides is 1. The van der Waals surface area contributed by atoms with Crippen LogP contribution in [0, 0.1) is 0 Å². The first-order valence-electron chi connectivity index (χ1n) is 8.80. The van der Waals surface area contributed by atoms with Crippen LogP contribution in [0.4, 0.5) is 5.69 Å². The molecule has 0 bridgehead atoms. The summed E-state index contributed by atoms with van der Waals surface area (Å²) < 4.78 is 10.0. The van der Waals surface area contributed by atoms with Crippen molar-refractivity contribution in [3.05, 3.63) is 53.1 Å². The summed E-state index contributed by atoms with van der Waals surface area (Å²) in [7, 11) is 1.46. The number of benzene rings is 2. The Balaban J connectivity index is 1.50. The second-order valence-electron chi connectivity index (χ2n) is 6.31. The molecule has 1 fully saturated rings. The molecule has 3 rings (SSSR count). The van der Waals surface area contributed by atoms with Gasteiger partial charge >= 0.3 is 5.97 Å². The molecule has 1 heterocycles. The number of halogens is 1. The molecule has 148 valence electrons. The molecule has 28 heavy (non-hydrogen) atoms. The van der Waals surface area contributed by atoms with E-state index in [0.717, 1.165) is 5.69 Å². The zero-order chi connectivity index (χ0) is 20.1. The molecule has 8 heteroatoms. The summed E-state index contributed by atoms with van der Waals surface area (Å²) in [6, 6.07) is 11.8. The van der Waals surface area contributed by atoms with Crippen molar-refractivity contribution in [3.63, 3.8) is 0 Å². The van der Waals surface area contributed by atoms with E-state index in [1.165, 1.54) is 25.3 Å². The lowest BCUT2D eigenvalue weighted by Crippen LogP contribution is -2.49. The number of hydrogen-bond donors (Lipinski definition) is 1. The zero-order valence-corrected chi connectivity index (χ0v) is 16.2. The fraction of sp³-hybridized carbons (Fsp3) is 0.300. The molecule has 1 aliphatic rings. The van der Waals surface area contributed by atoms with E-state index in [0.29, 0.717) is 37.0 Å². The number of phenols is 1. The lowest BCUT2D eigenvalue weighted by molar-refractivity contribution is -0.134. The predicted molar refractivity (Wildman–Crippen MR) is 105 cm³/mol. The van der Waals surface area contributed by atoms with Crippen molar-refractivity contribution in [1.29, 1.82) is 0 Å². The van der Waals surface area contributed by atoms with E-state index in [9.17, 15) is 14.7 Å². The van der Waals surface area contributed by atoms with Crippen LogP contribution in [0.1, 0.15) is 10.4 Å². The fourth-order valence-electron chi connectivity index (χ4n) is 2.99. The highest BCUT2D eigenvalue weighted by Gasteiger charge is 2.23. The fourth-order valence-corrected chi connectivity index (χ4v) is 3.18. The summed E-state index contributed by atoms with van der Waals surface area (Å²) in [5.41, 5.74) is 1.00. The Hall–Kier alpha value is -2.93. The monoisotopic (exact) mass is 404 g/mol. The van der Waals surface area contributed by atoms with Crippen molar-refractivity contribution < 1.29 is 24.2 Å². The number of esters is 1. The maximum absolute atomic E-state index is 12.3. The number of phenolic OH excluding ortho intramolecular Hbond substituents is 1. The number of aromatic hydroxyl groups is 1. The number of nitrogens with zero attached hydrogens (tertiary/aromatic N) is 2. The zero-order valence-electron chi connectivity index (χ0n) is 15.4. The summed E-state index contributed by atoms with van der Waals surface area (Å²) in [6.45, 7) is 2.01. The van der Waals surface area contributed by atoms with Crippen molar-refractivity contribution in [2.75, 3.05) is 44.8 Å². The van der Waals surface area contributed by atoms with Gasteiger partial charge in [-0.05, 0) is 30.3 Å². The summed E-state index contributed by atoms with van der Waals surface area (Å²) in [5, 5.41) is 10.5. The number of ether oxygens (including phenoxy) is 2. The standard InChI is InChI=1S/C20H21ClN2O5/c1-27-16-5-6-17(18(24)12-16)20(26)28-13-19(25)23-9-7-22(8-10-23)15-4-2-3-14(21)11-15/h2-6,11-12,24H,7-10,13H2,1H3. The van der Waals surface area contributed by atoms with E-state index in [1.807, 2.05) is 24.3 Å². The van der Waals surface area contributed by atoms with Crippen molar-refractivity contribution in [1.82, 2.24) is 4.90 Å². The largest absolute Gasteiger partial charge is 0.507 e. The van der Waals surface area contributed by atoms with Gasteiger partial charge in [-0.2, -0.15) is 0 Å². The molecule has 0 atom stereocenters. The third kappa shape index (κ3) is 4.67. The smallest absolute Gasteiger partial charge is 0.342 e. The molecule has 1 aliphatic heterocycles. The van der Waals surface area contributed by atoms with Crippen LogP contribution in [0.3, 0.4) is 0 Å². The highest BCUT2D eigenvalue weighted by molar-refractivity contribution is 6.30. The highest BCUT2D eigenvalue weighted by Crippen LogP contribution is 2.24. The lowest BCUT2D eigenvalue weighted by atomic mass is 10.2. The van der Waals surface area contributed by atoms with Gasteiger partial charge in [0.2, 0.25) is 0 Å². The molecule has 0 saturated carbocycles. The molecule has 0 aromatic heterocycles. The highest BCUT2D eigenvalue weighted by atomic mass is 35.5. The van der Waals surface area contributed by atoms with Crippen molar-refractivity contribution in [2.24, 2.45) is 0 Å². The molecule has 2 aromatic rings. The number of carbonyl (C=O) groups excluding carboxylic acids is 2. The average Bonchev–Trinajstić information content (AvgIpc) is 2.71.